The minimum absolute atomic E-state index is 0.0495. The SMILES string of the molecule is CC/C=C1/CC(=O)N(C2CCC(=O)NC2=O)/C1=C/CCC. The standard InChI is InChI=1S/C16H22N2O3/c1-3-5-7-12-11(6-4-2)10-15(20)18(12)13-8-9-14(19)17-16(13)21/h6-7,13H,3-5,8-10H2,1-2H3,(H,17,19,21)/b11-6-,12-7+. The molecule has 114 valence electrons. The van der Waals surface area contributed by atoms with Gasteiger partial charge in [0.2, 0.25) is 17.7 Å². The Hall–Kier alpha value is -1.91. The molecule has 0 spiro atoms. The van der Waals surface area contributed by atoms with Crippen LogP contribution in [-0.2, 0) is 14.4 Å². The number of rotatable bonds is 4. The van der Waals surface area contributed by atoms with Gasteiger partial charge in [0.05, 0.1) is 6.42 Å². The van der Waals surface area contributed by atoms with Gasteiger partial charge in [-0.3, -0.25) is 24.6 Å². The fraction of sp³-hybridized carbons (Fsp3) is 0.562. The van der Waals surface area contributed by atoms with Crippen LogP contribution in [0.5, 0.6) is 0 Å². The third kappa shape index (κ3) is 3.23. The van der Waals surface area contributed by atoms with Crippen LogP contribution >= 0.6 is 0 Å². The molecule has 21 heavy (non-hydrogen) atoms. The van der Waals surface area contributed by atoms with Crippen molar-refractivity contribution in [2.45, 2.75) is 58.4 Å². The molecule has 5 nitrogen and oxygen atoms in total. The highest BCUT2D eigenvalue weighted by molar-refractivity contribution is 6.03. The summed E-state index contributed by atoms with van der Waals surface area (Å²) in [6.07, 6.45) is 7.83. The molecule has 2 aliphatic rings. The summed E-state index contributed by atoms with van der Waals surface area (Å²) >= 11 is 0. The second-order valence-corrected chi connectivity index (χ2v) is 5.42. The molecule has 1 unspecified atom stereocenters. The number of likely N-dealkylation sites (tertiary alicyclic amines) is 1. The average molecular weight is 290 g/mol. The summed E-state index contributed by atoms with van der Waals surface area (Å²) in [6.45, 7) is 4.11. The molecule has 0 saturated carbocycles. The molecular weight excluding hydrogens is 268 g/mol. The number of hydrogen-bond acceptors (Lipinski definition) is 3. The molecule has 0 bridgehead atoms. The molecule has 0 aromatic carbocycles. The van der Waals surface area contributed by atoms with Gasteiger partial charge in [0, 0.05) is 12.1 Å². The summed E-state index contributed by atoms with van der Waals surface area (Å²) in [6, 6.07) is -0.555. The topological polar surface area (TPSA) is 66.5 Å². The number of nitrogens with zero attached hydrogens (tertiary/aromatic N) is 1. The number of hydrogen-bond donors (Lipinski definition) is 1. The van der Waals surface area contributed by atoms with Gasteiger partial charge in [0.1, 0.15) is 6.04 Å². The van der Waals surface area contributed by atoms with Gasteiger partial charge >= 0.3 is 0 Å². The zero-order valence-electron chi connectivity index (χ0n) is 12.6. The van der Waals surface area contributed by atoms with Crippen LogP contribution in [0.4, 0.5) is 0 Å². The molecule has 1 atom stereocenters. The van der Waals surface area contributed by atoms with Gasteiger partial charge in [-0.05, 0) is 24.8 Å². The first-order chi connectivity index (χ1) is 10.1. The maximum Gasteiger partial charge on any atom is 0.249 e. The van der Waals surface area contributed by atoms with Gasteiger partial charge in [0.15, 0.2) is 0 Å². The van der Waals surface area contributed by atoms with Crippen LogP contribution in [-0.4, -0.2) is 28.7 Å². The van der Waals surface area contributed by atoms with Crippen LogP contribution in [0, 0.1) is 0 Å². The van der Waals surface area contributed by atoms with Crippen molar-refractivity contribution in [2.24, 2.45) is 0 Å². The predicted octanol–water partition coefficient (Wildman–Crippen LogP) is 2.04. The van der Waals surface area contributed by atoms with Crippen LogP contribution in [0.3, 0.4) is 0 Å². The molecule has 2 aliphatic heterocycles. The minimum Gasteiger partial charge on any atom is -0.300 e. The summed E-state index contributed by atoms with van der Waals surface area (Å²) in [5.74, 6) is -0.669. The van der Waals surface area contributed by atoms with Crippen molar-refractivity contribution in [3.8, 4) is 0 Å². The zero-order chi connectivity index (χ0) is 15.4. The monoisotopic (exact) mass is 290 g/mol. The van der Waals surface area contributed by atoms with Crippen LogP contribution < -0.4 is 5.32 Å². The van der Waals surface area contributed by atoms with Crippen LogP contribution in [0.25, 0.3) is 0 Å². The van der Waals surface area contributed by atoms with Crippen molar-refractivity contribution in [1.82, 2.24) is 10.2 Å². The summed E-state index contributed by atoms with van der Waals surface area (Å²) < 4.78 is 0. The van der Waals surface area contributed by atoms with Gasteiger partial charge < -0.3 is 0 Å². The first-order valence-electron chi connectivity index (χ1n) is 7.63. The van der Waals surface area contributed by atoms with E-state index in [1.807, 2.05) is 19.1 Å². The Morgan fingerprint density at radius 2 is 2.00 bits per heavy atom. The van der Waals surface area contributed by atoms with E-state index in [4.69, 9.17) is 0 Å². The number of allylic oxidation sites excluding steroid dienone is 3. The third-order valence-electron chi connectivity index (χ3n) is 3.80. The van der Waals surface area contributed by atoms with E-state index in [1.54, 1.807) is 4.90 Å². The summed E-state index contributed by atoms with van der Waals surface area (Å²) in [5.41, 5.74) is 1.86. The number of piperidine rings is 1. The first-order valence-corrected chi connectivity index (χ1v) is 7.63. The maximum atomic E-state index is 12.3. The summed E-state index contributed by atoms with van der Waals surface area (Å²) in [5, 5.41) is 2.33. The van der Waals surface area contributed by atoms with E-state index in [1.165, 1.54) is 0 Å². The second kappa shape index (κ2) is 6.70. The van der Waals surface area contributed by atoms with E-state index in [2.05, 4.69) is 12.2 Å². The largest absolute Gasteiger partial charge is 0.300 e. The van der Waals surface area contributed by atoms with Crippen molar-refractivity contribution in [1.29, 1.82) is 0 Å². The fourth-order valence-corrected chi connectivity index (χ4v) is 2.83. The summed E-state index contributed by atoms with van der Waals surface area (Å²) in [4.78, 5) is 37.3. The minimum atomic E-state index is -0.555. The fourth-order valence-electron chi connectivity index (χ4n) is 2.83. The number of carbonyl (C=O) groups is 3. The number of carbonyl (C=O) groups excluding carboxylic acids is 3. The predicted molar refractivity (Wildman–Crippen MR) is 79.0 cm³/mol. The molecule has 0 radical (unpaired) electrons. The number of imide groups is 1. The average Bonchev–Trinajstić information content (AvgIpc) is 2.73. The van der Waals surface area contributed by atoms with E-state index in [9.17, 15) is 14.4 Å². The molecule has 1 N–H and O–H groups in total. The highest BCUT2D eigenvalue weighted by Crippen LogP contribution is 2.33. The van der Waals surface area contributed by atoms with Crippen LogP contribution in [0.1, 0.15) is 52.4 Å². The molecule has 0 aromatic rings. The highest BCUT2D eigenvalue weighted by atomic mass is 16.2. The van der Waals surface area contributed by atoms with E-state index < -0.39 is 6.04 Å². The first kappa shape index (κ1) is 15.5. The van der Waals surface area contributed by atoms with Crippen molar-refractivity contribution in [2.75, 3.05) is 0 Å². The summed E-state index contributed by atoms with van der Waals surface area (Å²) in [7, 11) is 0. The molecule has 2 fully saturated rings. The lowest BCUT2D eigenvalue weighted by Crippen LogP contribution is -2.52. The van der Waals surface area contributed by atoms with E-state index >= 15 is 0 Å². The quantitative estimate of drug-likeness (QED) is 0.806. The Bertz CT molecular complexity index is 520. The molecule has 2 saturated heterocycles. The molecule has 2 heterocycles. The van der Waals surface area contributed by atoms with Gasteiger partial charge in [-0.25, -0.2) is 0 Å². The highest BCUT2D eigenvalue weighted by Gasteiger charge is 2.40. The van der Waals surface area contributed by atoms with Crippen LogP contribution in [0.15, 0.2) is 23.4 Å². The Labute approximate surface area is 125 Å². The van der Waals surface area contributed by atoms with Crippen molar-refractivity contribution in [3.05, 3.63) is 23.4 Å². The van der Waals surface area contributed by atoms with Crippen molar-refractivity contribution in [3.63, 3.8) is 0 Å². The molecule has 5 heteroatoms. The Morgan fingerprint density at radius 3 is 2.62 bits per heavy atom. The lowest BCUT2D eigenvalue weighted by molar-refractivity contribution is -0.142. The van der Waals surface area contributed by atoms with Gasteiger partial charge in [-0.1, -0.05) is 32.4 Å². The van der Waals surface area contributed by atoms with E-state index in [0.717, 1.165) is 30.5 Å². The zero-order valence-corrected chi connectivity index (χ0v) is 12.6. The Kier molecular flexibility index (Phi) is 4.94. The normalized spacial score (nSPS) is 26.9. The number of unbranched alkanes of at least 4 members (excludes halogenated alkanes) is 1. The van der Waals surface area contributed by atoms with E-state index in [-0.39, 0.29) is 24.1 Å². The molecular formula is C16H22N2O3. The Balaban J connectivity index is 2.31. The molecule has 0 aromatic heterocycles. The maximum absolute atomic E-state index is 12.3. The smallest absolute Gasteiger partial charge is 0.249 e. The van der Waals surface area contributed by atoms with Crippen LogP contribution in [0.2, 0.25) is 0 Å². The van der Waals surface area contributed by atoms with Crippen molar-refractivity contribution < 1.29 is 14.4 Å². The van der Waals surface area contributed by atoms with E-state index in [0.29, 0.717) is 12.8 Å². The molecule has 0 aliphatic carbocycles. The van der Waals surface area contributed by atoms with Gasteiger partial charge in [-0.15, -0.1) is 0 Å². The second-order valence-electron chi connectivity index (χ2n) is 5.42. The van der Waals surface area contributed by atoms with Crippen molar-refractivity contribution >= 4 is 17.7 Å². The number of nitrogens with one attached hydrogen (secondary N) is 1. The third-order valence-corrected chi connectivity index (χ3v) is 3.80. The lowest BCUT2D eigenvalue weighted by Gasteiger charge is -2.30. The molecule has 3 amide bonds. The molecule has 2 rings (SSSR count). The van der Waals surface area contributed by atoms with Gasteiger partial charge in [-0.2, -0.15) is 0 Å². The Morgan fingerprint density at radius 1 is 1.24 bits per heavy atom. The lowest BCUT2D eigenvalue weighted by atomic mass is 10.0. The number of amides is 3. The van der Waals surface area contributed by atoms with Gasteiger partial charge in [0.25, 0.3) is 0 Å².